The van der Waals surface area contributed by atoms with Gasteiger partial charge in [-0.15, -0.1) is 0 Å². The second kappa shape index (κ2) is 8.65. The van der Waals surface area contributed by atoms with E-state index in [2.05, 4.69) is 4.90 Å². The summed E-state index contributed by atoms with van der Waals surface area (Å²) < 4.78 is 16.6. The molecule has 0 radical (unpaired) electrons. The van der Waals surface area contributed by atoms with Gasteiger partial charge in [0.1, 0.15) is 17.1 Å². The first-order chi connectivity index (χ1) is 13.7. The van der Waals surface area contributed by atoms with Crippen molar-refractivity contribution >= 4 is 21.7 Å². The Morgan fingerprint density at radius 2 is 1.71 bits per heavy atom. The molecule has 28 heavy (non-hydrogen) atoms. The molecule has 1 aromatic heterocycles. The van der Waals surface area contributed by atoms with Crippen molar-refractivity contribution in [1.82, 2.24) is 4.90 Å². The zero-order valence-corrected chi connectivity index (χ0v) is 16.4. The number of hydrogen-bond acceptors (Lipinski definition) is 5. The normalized spacial score (nSPS) is 15.2. The average molecular weight is 381 g/mol. The summed E-state index contributed by atoms with van der Waals surface area (Å²) in [5, 5.41) is 2.29. The number of unbranched alkanes of at least 4 members (excludes halogenated alkanes) is 1. The van der Waals surface area contributed by atoms with Crippen LogP contribution in [0.5, 0.6) is 11.5 Å². The van der Waals surface area contributed by atoms with Crippen molar-refractivity contribution in [3.05, 3.63) is 46.8 Å². The maximum absolute atomic E-state index is 12.4. The molecule has 0 atom stereocenters. The highest BCUT2D eigenvalue weighted by atomic mass is 16.5. The average Bonchev–Trinajstić information content (AvgIpc) is 2.74. The molecule has 5 nitrogen and oxygen atoms in total. The molecule has 0 amide bonds. The summed E-state index contributed by atoms with van der Waals surface area (Å²) in [5.41, 5.74) is 0.188. The van der Waals surface area contributed by atoms with Gasteiger partial charge in [0.2, 0.25) is 0 Å². The van der Waals surface area contributed by atoms with Crippen molar-refractivity contribution in [3.8, 4) is 11.5 Å². The van der Waals surface area contributed by atoms with Crippen molar-refractivity contribution in [2.45, 2.75) is 32.1 Å². The number of rotatable bonds is 7. The van der Waals surface area contributed by atoms with Gasteiger partial charge in [-0.25, -0.2) is 4.79 Å². The summed E-state index contributed by atoms with van der Waals surface area (Å²) >= 11 is 0. The fourth-order valence-electron chi connectivity index (χ4n) is 3.92. The van der Waals surface area contributed by atoms with Crippen molar-refractivity contribution in [2.24, 2.45) is 0 Å². The minimum atomic E-state index is -0.361. The highest BCUT2D eigenvalue weighted by Crippen LogP contribution is 2.28. The van der Waals surface area contributed by atoms with E-state index in [1.54, 1.807) is 13.2 Å². The summed E-state index contributed by atoms with van der Waals surface area (Å²) in [7, 11) is 1.58. The van der Waals surface area contributed by atoms with Crippen LogP contribution in [0.2, 0.25) is 0 Å². The fourth-order valence-corrected chi connectivity index (χ4v) is 3.92. The van der Waals surface area contributed by atoms with Crippen LogP contribution in [-0.4, -0.2) is 38.3 Å². The molecule has 0 spiro atoms. The molecule has 0 unspecified atom stereocenters. The van der Waals surface area contributed by atoms with E-state index in [-0.39, 0.29) is 5.63 Å². The van der Waals surface area contributed by atoms with Crippen LogP contribution in [0, 0.1) is 0 Å². The topological polar surface area (TPSA) is 51.9 Å². The standard InChI is InChI=1S/C23H27NO4/c1-26-17-7-9-19-20-10-8-18(16-22(20)28-23(25)21(19)15-17)27-14-6-5-13-24-11-3-2-4-12-24/h7-10,15-16H,2-6,11-14H2,1H3. The Hall–Kier alpha value is -2.53. The number of likely N-dealkylation sites (tertiary alicyclic amines) is 1. The van der Waals surface area contributed by atoms with Crippen molar-refractivity contribution in [2.75, 3.05) is 33.4 Å². The minimum absolute atomic E-state index is 0.361. The summed E-state index contributed by atoms with van der Waals surface area (Å²) in [4.78, 5) is 14.9. The Morgan fingerprint density at radius 1 is 0.929 bits per heavy atom. The number of ether oxygens (including phenoxy) is 2. The molecule has 3 aromatic rings. The third kappa shape index (κ3) is 4.14. The van der Waals surface area contributed by atoms with E-state index < -0.39 is 0 Å². The third-order valence-electron chi connectivity index (χ3n) is 5.48. The van der Waals surface area contributed by atoms with Gasteiger partial charge in [0, 0.05) is 16.8 Å². The molecule has 0 N–H and O–H groups in total. The number of piperidine rings is 1. The van der Waals surface area contributed by atoms with Crippen molar-refractivity contribution < 1.29 is 13.9 Å². The summed E-state index contributed by atoms with van der Waals surface area (Å²) in [5.74, 6) is 1.38. The van der Waals surface area contributed by atoms with Crippen LogP contribution in [0.25, 0.3) is 21.7 Å². The predicted octanol–water partition coefficient (Wildman–Crippen LogP) is 4.60. The molecule has 4 rings (SSSR count). The van der Waals surface area contributed by atoms with Gasteiger partial charge in [-0.1, -0.05) is 6.42 Å². The predicted molar refractivity (Wildman–Crippen MR) is 112 cm³/mol. The first-order valence-corrected chi connectivity index (χ1v) is 10.1. The molecular formula is C23H27NO4. The van der Waals surface area contributed by atoms with E-state index in [1.165, 1.54) is 32.4 Å². The molecule has 0 aliphatic carbocycles. The van der Waals surface area contributed by atoms with Crippen LogP contribution in [0.4, 0.5) is 0 Å². The van der Waals surface area contributed by atoms with Gasteiger partial charge in [-0.3, -0.25) is 0 Å². The number of methoxy groups -OCH3 is 1. The summed E-state index contributed by atoms with van der Waals surface area (Å²) in [6.45, 7) is 4.31. The van der Waals surface area contributed by atoms with E-state index in [9.17, 15) is 4.79 Å². The smallest absolute Gasteiger partial charge is 0.344 e. The van der Waals surface area contributed by atoms with Gasteiger partial charge in [-0.05, 0) is 75.6 Å². The van der Waals surface area contributed by atoms with E-state index in [0.29, 0.717) is 23.3 Å². The first kappa shape index (κ1) is 18.8. The van der Waals surface area contributed by atoms with Gasteiger partial charge in [-0.2, -0.15) is 0 Å². The molecule has 1 saturated heterocycles. The lowest BCUT2D eigenvalue weighted by molar-refractivity contribution is 0.216. The van der Waals surface area contributed by atoms with Crippen molar-refractivity contribution in [3.63, 3.8) is 0 Å². The molecule has 5 heteroatoms. The van der Waals surface area contributed by atoms with Crippen LogP contribution >= 0.6 is 0 Å². The Bertz CT molecular complexity index is 1000. The zero-order valence-electron chi connectivity index (χ0n) is 16.4. The molecule has 2 heterocycles. The zero-order chi connectivity index (χ0) is 19.3. The summed E-state index contributed by atoms with van der Waals surface area (Å²) in [6.07, 6.45) is 6.21. The van der Waals surface area contributed by atoms with Crippen LogP contribution in [-0.2, 0) is 0 Å². The second-order valence-corrected chi connectivity index (χ2v) is 7.42. The first-order valence-electron chi connectivity index (χ1n) is 10.1. The highest BCUT2D eigenvalue weighted by Gasteiger charge is 2.11. The van der Waals surface area contributed by atoms with Crippen LogP contribution in [0.15, 0.2) is 45.6 Å². The molecule has 0 saturated carbocycles. The van der Waals surface area contributed by atoms with Crippen molar-refractivity contribution in [1.29, 1.82) is 0 Å². The van der Waals surface area contributed by atoms with Gasteiger partial charge < -0.3 is 18.8 Å². The lowest BCUT2D eigenvalue weighted by Gasteiger charge is -2.26. The Balaban J connectivity index is 1.41. The second-order valence-electron chi connectivity index (χ2n) is 7.42. The number of fused-ring (bicyclic) bond motifs is 3. The molecule has 1 aliphatic heterocycles. The Labute approximate surface area is 164 Å². The van der Waals surface area contributed by atoms with E-state index in [4.69, 9.17) is 13.9 Å². The quantitative estimate of drug-likeness (QED) is 0.340. The largest absolute Gasteiger partial charge is 0.497 e. The Morgan fingerprint density at radius 3 is 2.54 bits per heavy atom. The lowest BCUT2D eigenvalue weighted by atomic mass is 10.1. The molecule has 0 bridgehead atoms. The number of benzene rings is 2. The molecule has 148 valence electrons. The van der Waals surface area contributed by atoms with Crippen LogP contribution in [0.1, 0.15) is 32.1 Å². The molecule has 1 fully saturated rings. The monoisotopic (exact) mass is 381 g/mol. The third-order valence-corrected chi connectivity index (χ3v) is 5.48. The summed E-state index contributed by atoms with van der Waals surface area (Å²) in [6, 6.07) is 11.2. The molecule has 1 aliphatic rings. The molecule has 2 aromatic carbocycles. The number of hydrogen-bond donors (Lipinski definition) is 0. The van der Waals surface area contributed by atoms with E-state index in [1.807, 2.05) is 30.3 Å². The number of nitrogens with zero attached hydrogens (tertiary/aromatic N) is 1. The minimum Gasteiger partial charge on any atom is -0.497 e. The van der Waals surface area contributed by atoms with Gasteiger partial charge >= 0.3 is 5.63 Å². The van der Waals surface area contributed by atoms with Gasteiger partial charge in [0.15, 0.2) is 0 Å². The van der Waals surface area contributed by atoms with E-state index in [0.717, 1.165) is 35.9 Å². The maximum atomic E-state index is 12.4. The van der Waals surface area contributed by atoms with Gasteiger partial charge in [0.05, 0.1) is 19.1 Å². The SMILES string of the molecule is COc1ccc2c(c1)c(=O)oc1cc(OCCCCN3CCCCC3)ccc12. The van der Waals surface area contributed by atoms with Crippen LogP contribution in [0.3, 0.4) is 0 Å². The fraction of sp³-hybridized carbons (Fsp3) is 0.435. The Kier molecular flexibility index (Phi) is 5.81. The van der Waals surface area contributed by atoms with Gasteiger partial charge in [0.25, 0.3) is 0 Å². The highest BCUT2D eigenvalue weighted by molar-refractivity contribution is 6.04. The molecular weight excluding hydrogens is 354 g/mol. The van der Waals surface area contributed by atoms with Crippen LogP contribution < -0.4 is 15.1 Å². The van der Waals surface area contributed by atoms with E-state index >= 15 is 0 Å². The lowest BCUT2D eigenvalue weighted by Crippen LogP contribution is -2.30. The maximum Gasteiger partial charge on any atom is 0.344 e.